The van der Waals surface area contributed by atoms with Crippen molar-refractivity contribution in [1.29, 1.82) is 0 Å². The molecule has 2 aromatic carbocycles. The van der Waals surface area contributed by atoms with Gasteiger partial charge in [0.05, 0.1) is 0 Å². The minimum Gasteiger partial charge on any atom is -0.504 e. The summed E-state index contributed by atoms with van der Waals surface area (Å²) in [5.41, 5.74) is 1.38. The second-order valence-corrected chi connectivity index (χ2v) is 4.43. The van der Waals surface area contributed by atoms with Crippen molar-refractivity contribution >= 4 is 12.0 Å². The molecule has 0 atom stereocenters. The van der Waals surface area contributed by atoms with Gasteiger partial charge in [0.15, 0.2) is 11.5 Å². The number of halogens is 1. The maximum Gasteiger partial charge on any atom is 0.244 e. The molecule has 0 heterocycles. The van der Waals surface area contributed by atoms with Crippen LogP contribution in [0.15, 0.2) is 48.5 Å². The van der Waals surface area contributed by atoms with E-state index in [9.17, 15) is 19.4 Å². The summed E-state index contributed by atoms with van der Waals surface area (Å²) < 4.78 is 12.7. The molecule has 0 radical (unpaired) electrons. The van der Waals surface area contributed by atoms with Gasteiger partial charge in [-0.2, -0.15) is 0 Å². The molecule has 3 N–H and O–H groups in total. The molecule has 21 heavy (non-hydrogen) atoms. The number of benzene rings is 2. The molecule has 0 aliphatic heterocycles. The van der Waals surface area contributed by atoms with Gasteiger partial charge >= 0.3 is 0 Å². The SMILES string of the molecule is O=C(/C=C/c1ccc(O)c(O)c1)NCc1ccc(F)cc1. The fraction of sp³-hybridized carbons (Fsp3) is 0.0625. The zero-order valence-electron chi connectivity index (χ0n) is 11.1. The molecule has 2 aromatic rings. The molecule has 0 spiro atoms. The van der Waals surface area contributed by atoms with Gasteiger partial charge in [0.1, 0.15) is 5.82 Å². The highest BCUT2D eigenvalue weighted by Crippen LogP contribution is 2.25. The third-order valence-corrected chi connectivity index (χ3v) is 2.81. The Morgan fingerprint density at radius 1 is 1.10 bits per heavy atom. The summed E-state index contributed by atoms with van der Waals surface area (Å²) in [6, 6.07) is 10.1. The van der Waals surface area contributed by atoms with E-state index in [2.05, 4.69) is 5.32 Å². The second kappa shape index (κ2) is 6.56. The highest BCUT2D eigenvalue weighted by molar-refractivity contribution is 5.91. The number of carbonyl (C=O) groups is 1. The maximum absolute atomic E-state index is 12.7. The van der Waals surface area contributed by atoms with E-state index in [0.29, 0.717) is 12.1 Å². The van der Waals surface area contributed by atoms with Crippen LogP contribution >= 0.6 is 0 Å². The molecule has 0 saturated carbocycles. The Labute approximate surface area is 121 Å². The van der Waals surface area contributed by atoms with Gasteiger partial charge in [0.25, 0.3) is 0 Å². The molecule has 2 rings (SSSR count). The maximum atomic E-state index is 12.7. The lowest BCUT2D eigenvalue weighted by molar-refractivity contribution is -0.116. The molecule has 0 bridgehead atoms. The Bertz CT molecular complexity index is 666. The quantitative estimate of drug-likeness (QED) is 0.598. The summed E-state index contributed by atoms with van der Waals surface area (Å²) in [6.45, 7) is 0.296. The lowest BCUT2D eigenvalue weighted by Gasteiger charge is -2.02. The first-order valence-electron chi connectivity index (χ1n) is 6.27. The van der Waals surface area contributed by atoms with Crippen LogP contribution in [-0.2, 0) is 11.3 Å². The number of phenolic OH excluding ortho intramolecular Hbond substituents is 2. The third-order valence-electron chi connectivity index (χ3n) is 2.81. The molecule has 108 valence electrons. The Balaban J connectivity index is 1.90. The predicted molar refractivity (Wildman–Crippen MR) is 77.1 cm³/mol. The molecule has 0 aliphatic rings. The van der Waals surface area contributed by atoms with Crippen LogP contribution < -0.4 is 5.32 Å². The van der Waals surface area contributed by atoms with E-state index in [1.165, 1.54) is 36.4 Å². The molecule has 0 saturated heterocycles. The fourth-order valence-electron chi connectivity index (χ4n) is 1.67. The molecule has 5 heteroatoms. The lowest BCUT2D eigenvalue weighted by Crippen LogP contribution is -2.20. The number of hydrogen-bond acceptors (Lipinski definition) is 3. The van der Waals surface area contributed by atoms with Gasteiger partial charge in [-0.3, -0.25) is 4.79 Å². The minimum absolute atomic E-state index is 0.215. The zero-order chi connectivity index (χ0) is 15.2. The molecular weight excluding hydrogens is 273 g/mol. The van der Waals surface area contributed by atoms with E-state index in [4.69, 9.17) is 0 Å². The van der Waals surface area contributed by atoms with E-state index in [1.54, 1.807) is 18.2 Å². The van der Waals surface area contributed by atoms with Crippen LogP contribution in [0, 0.1) is 5.82 Å². The van der Waals surface area contributed by atoms with Crippen LogP contribution in [0.1, 0.15) is 11.1 Å². The fourth-order valence-corrected chi connectivity index (χ4v) is 1.67. The number of amides is 1. The Hall–Kier alpha value is -2.82. The number of carbonyl (C=O) groups excluding carboxylic acids is 1. The van der Waals surface area contributed by atoms with Crippen molar-refractivity contribution in [3.8, 4) is 11.5 Å². The average Bonchev–Trinajstić information content (AvgIpc) is 2.48. The van der Waals surface area contributed by atoms with Gasteiger partial charge in [-0.05, 0) is 41.5 Å². The van der Waals surface area contributed by atoms with Crippen molar-refractivity contribution in [3.63, 3.8) is 0 Å². The number of rotatable bonds is 4. The molecule has 0 aliphatic carbocycles. The van der Waals surface area contributed by atoms with Gasteiger partial charge in [-0.1, -0.05) is 18.2 Å². The van der Waals surface area contributed by atoms with E-state index in [-0.39, 0.29) is 23.2 Å². The van der Waals surface area contributed by atoms with Crippen LogP contribution in [0.25, 0.3) is 6.08 Å². The van der Waals surface area contributed by atoms with Crippen LogP contribution in [-0.4, -0.2) is 16.1 Å². The smallest absolute Gasteiger partial charge is 0.244 e. The molecule has 4 nitrogen and oxygen atoms in total. The molecule has 0 unspecified atom stereocenters. The summed E-state index contributed by atoms with van der Waals surface area (Å²) in [6.07, 6.45) is 2.83. The van der Waals surface area contributed by atoms with Crippen molar-refractivity contribution in [2.24, 2.45) is 0 Å². The summed E-state index contributed by atoms with van der Waals surface area (Å²) >= 11 is 0. The van der Waals surface area contributed by atoms with Crippen molar-refractivity contribution in [1.82, 2.24) is 5.32 Å². The summed E-state index contributed by atoms with van der Waals surface area (Å²) in [5.74, 6) is -1.10. The number of aromatic hydroxyl groups is 2. The first-order chi connectivity index (χ1) is 10.0. The molecular formula is C16H14FNO3. The van der Waals surface area contributed by atoms with Gasteiger partial charge in [-0.15, -0.1) is 0 Å². The largest absolute Gasteiger partial charge is 0.504 e. The topological polar surface area (TPSA) is 69.6 Å². The van der Waals surface area contributed by atoms with E-state index in [1.807, 2.05) is 0 Å². The van der Waals surface area contributed by atoms with Crippen LogP contribution in [0.3, 0.4) is 0 Å². The number of phenols is 2. The van der Waals surface area contributed by atoms with Gasteiger partial charge in [0, 0.05) is 12.6 Å². The van der Waals surface area contributed by atoms with E-state index < -0.39 is 0 Å². The van der Waals surface area contributed by atoms with Gasteiger partial charge < -0.3 is 15.5 Å². The van der Waals surface area contributed by atoms with Crippen LogP contribution in [0.2, 0.25) is 0 Å². The van der Waals surface area contributed by atoms with Crippen LogP contribution in [0.5, 0.6) is 11.5 Å². The highest BCUT2D eigenvalue weighted by atomic mass is 19.1. The monoisotopic (exact) mass is 287 g/mol. The molecule has 0 fully saturated rings. The standard InChI is InChI=1S/C16H14FNO3/c17-13-5-1-12(2-6-13)10-18-16(21)8-4-11-3-7-14(19)15(20)9-11/h1-9,19-20H,10H2,(H,18,21)/b8-4+. The molecule has 1 amide bonds. The predicted octanol–water partition coefficient (Wildman–Crippen LogP) is 2.57. The lowest BCUT2D eigenvalue weighted by atomic mass is 10.2. The van der Waals surface area contributed by atoms with Crippen molar-refractivity contribution in [2.75, 3.05) is 0 Å². The highest BCUT2D eigenvalue weighted by Gasteiger charge is 2.00. The first-order valence-corrected chi connectivity index (χ1v) is 6.27. The van der Waals surface area contributed by atoms with Crippen LogP contribution in [0.4, 0.5) is 4.39 Å². The van der Waals surface area contributed by atoms with E-state index in [0.717, 1.165) is 5.56 Å². The summed E-state index contributed by atoms with van der Waals surface area (Å²) in [4.78, 5) is 11.6. The van der Waals surface area contributed by atoms with E-state index >= 15 is 0 Å². The molecule has 0 aromatic heterocycles. The normalized spacial score (nSPS) is 10.7. The third kappa shape index (κ3) is 4.35. The Kier molecular flexibility index (Phi) is 4.56. The summed E-state index contributed by atoms with van der Waals surface area (Å²) in [5, 5.41) is 21.2. The minimum atomic E-state index is -0.322. The summed E-state index contributed by atoms with van der Waals surface area (Å²) in [7, 11) is 0. The number of hydrogen-bond donors (Lipinski definition) is 3. The zero-order valence-corrected chi connectivity index (χ0v) is 11.1. The van der Waals surface area contributed by atoms with Crippen molar-refractivity contribution < 1.29 is 19.4 Å². The first kappa shape index (κ1) is 14.6. The Morgan fingerprint density at radius 3 is 2.48 bits per heavy atom. The Morgan fingerprint density at radius 2 is 1.81 bits per heavy atom. The van der Waals surface area contributed by atoms with Crippen molar-refractivity contribution in [2.45, 2.75) is 6.54 Å². The van der Waals surface area contributed by atoms with Crippen molar-refractivity contribution in [3.05, 3.63) is 65.5 Å². The average molecular weight is 287 g/mol. The van der Waals surface area contributed by atoms with Gasteiger partial charge in [-0.25, -0.2) is 4.39 Å². The second-order valence-electron chi connectivity index (χ2n) is 4.43. The number of nitrogens with one attached hydrogen (secondary N) is 1. The van der Waals surface area contributed by atoms with Gasteiger partial charge in [0.2, 0.25) is 5.91 Å².